The fourth-order valence-electron chi connectivity index (χ4n) is 2.75. The third kappa shape index (κ3) is 6.26. The molecule has 0 aliphatic carbocycles. The largest absolute Gasteiger partial charge is 0.381 e. The van der Waals surface area contributed by atoms with E-state index in [4.69, 9.17) is 10.5 Å². The highest BCUT2D eigenvalue weighted by Crippen LogP contribution is 2.29. The van der Waals surface area contributed by atoms with Gasteiger partial charge in [-0.1, -0.05) is 12.1 Å². The summed E-state index contributed by atoms with van der Waals surface area (Å²) in [4.78, 5) is 24.1. The van der Waals surface area contributed by atoms with Gasteiger partial charge in [-0.15, -0.1) is 12.4 Å². The molecule has 6 nitrogen and oxygen atoms in total. The molecule has 0 bridgehead atoms. The van der Waals surface area contributed by atoms with Gasteiger partial charge in [0.25, 0.3) is 0 Å². The third-order valence-electron chi connectivity index (χ3n) is 4.31. The van der Waals surface area contributed by atoms with E-state index in [9.17, 15) is 14.0 Å². The van der Waals surface area contributed by atoms with E-state index >= 15 is 0 Å². The zero-order valence-corrected chi connectivity index (χ0v) is 14.9. The molecule has 8 heteroatoms. The van der Waals surface area contributed by atoms with Crippen molar-refractivity contribution in [2.45, 2.75) is 19.3 Å². The van der Waals surface area contributed by atoms with Crippen LogP contribution < -0.4 is 16.4 Å². The number of ether oxygens (including phenoxy) is 1. The molecule has 1 heterocycles. The molecule has 1 aromatic rings. The smallest absolute Gasteiger partial charge is 0.227 e. The highest BCUT2D eigenvalue weighted by molar-refractivity contribution is 5.85. The fourth-order valence-corrected chi connectivity index (χ4v) is 2.75. The first-order chi connectivity index (χ1) is 11.6. The Morgan fingerprint density at radius 2 is 1.88 bits per heavy atom. The Balaban J connectivity index is 0.00000312. The third-order valence-corrected chi connectivity index (χ3v) is 4.31. The number of carbonyl (C=O) groups excluding carboxylic acids is 2. The Bertz CT molecular complexity index is 580. The fraction of sp³-hybridized carbons (Fsp3) is 0.529. The maximum absolute atomic E-state index is 13.1. The van der Waals surface area contributed by atoms with Gasteiger partial charge in [0.15, 0.2) is 0 Å². The first kappa shape index (κ1) is 21.3. The van der Waals surface area contributed by atoms with Crippen LogP contribution >= 0.6 is 12.4 Å². The van der Waals surface area contributed by atoms with Crippen molar-refractivity contribution in [2.75, 3.05) is 32.8 Å². The van der Waals surface area contributed by atoms with Crippen LogP contribution in [0.15, 0.2) is 24.3 Å². The van der Waals surface area contributed by atoms with Crippen LogP contribution in [0.25, 0.3) is 0 Å². The molecule has 0 atom stereocenters. The molecule has 1 aliphatic heterocycles. The molecule has 2 amide bonds. The summed E-state index contributed by atoms with van der Waals surface area (Å²) in [6.07, 6.45) is 1.33. The zero-order chi connectivity index (χ0) is 17.4. The summed E-state index contributed by atoms with van der Waals surface area (Å²) in [7, 11) is 0. The SMILES string of the molecule is Cl.NCC1(C(=O)NCCNC(=O)Cc2cccc(F)c2)CCOCC1. The standard InChI is InChI=1S/C17H24FN3O3.ClH/c18-14-3-1-2-13(10-14)11-15(22)20-6-7-21-16(23)17(12-19)4-8-24-9-5-17;/h1-3,10H,4-9,11-12,19H2,(H,20,22)(H,21,23);1H. The van der Waals surface area contributed by atoms with E-state index in [0.29, 0.717) is 44.7 Å². The molecule has 1 aliphatic rings. The van der Waals surface area contributed by atoms with Gasteiger partial charge in [-0.2, -0.15) is 0 Å². The van der Waals surface area contributed by atoms with Crippen LogP contribution in [0, 0.1) is 11.2 Å². The van der Waals surface area contributed by atoms with Crippen molar-refractivity contribution in [1.82, 2.24) is 10.6 Å². The Morgan fingerprint density at radius 1 is 1.20 bits per heavy atom. The van der Waals surface area contributed by atoms with Gasteiger partial charge in [0.1, 0.15) is 5.82 Å². The second-order valence-electron chi connectivity index (χ2n) is 6.01. The molecule has 25 heavy (non-hydrogen) atoms. The van der Waals surface area contributed by atoms with E-state index < -0.39 is 5.41 Å². The van der Waals surface area contributed by atoms with Gasteiger partial charge >= 0.3 is 0 Å². The lowest BCUT2D eigenvalue weighted by atomic mass is 9.79. The van der Waals surface area contributed by atoms with E-state index in [2.05, 4.69) is 10.6 Å². The Labute approximate surface area is 153 Å². The average Bonchev–Trinajstić information content (AvgIpc) is 2.59. The minimum atomic E-state index is -0.566. The quantitative estimate of drug-likeness (QED) is 0.616. The Kier molecular flexibility index (Phi) is 8.82. The van der Waals surface area contributed by atoms with Gasteiger partial charge < -0.3 is 21.1 Å². The van der Waals surface area contributed by atoms with Crippen molar-refractivity contribution in [3.05, 3.63) is 35.6 Å². The molecule has 4 N–H and O–H groups in total. The predicted octanol–water partition coefficient (Wildman–Crippen LogP) is 0.778. The van der Waals surface area contributed by atoms with Crippen LogP contribution in [-0.2, 0) is 20.7 Å². The van der Waals surface area contributed by atoms with Crippen LogP contribution in [0.5, 0.6) is 0 Å². The summed E-state index contributed by atoms with van der Waals surface area (Å²) in [5, 5.41) is 5.53. The summed E-state index contributed by atoms with van der Waals surface area (Å²) >= 11 is 0. The molecule has 1 saturated heterocycles. The summed E-state index contributed by atoms with van der Waals surface area (Å²) in [6, 6.07) is 5.93. The zero-order valence-electron chi connectivity index (χ0n) is 14.1. The Hall–Kier alpha value is -1.70. The molecule has 0 unspecified atom stereocenters. The predicted molar refractivity (Wildman–Crippen MR) is 94.9 cm³/mol. The van der Waals surface area contributed by atoms with Crippen molar-refractivity contribution < 1.29 is 18.7 Å². The minimum Gasteiger partial charge on any atom is -0.381 e. The van der Waals surface area contributed by atoms with Gasteiger partial charge in [0.2, 0.25) is 11.8 Å². The maximum atomic E-state index is 13.1. The first-order valence-electron chi connectivity index (χ1n) is 8.13. The number of hydrogen-bond acceptors (Lipinski definition) is 4. The Morgan fingerprint density at radius 3 is 2.52 bits per heavy atom. The van der Waals surface area contributed by atoms with Crippen LogP contribution in [0.2, 0.25) is 0 Å². The highest BCUT2D eigenvalue weighted by Gasteiger charge is 2.38. The van der Waals surface area contributed by atoms with E-state index in [0.717, 1.165) is 0 Å². The number of hydrogen-bond donors (Lipinski definition) is 3. The van der Waals surface area contributed by atoms with Crippen molar-refractivity contribution >= 4 is 24.2 Å². The second kappa shape index (κ2) is 10.3. The summed E-state index contributed by atoms with van der Waals surface area (Å²) in [5.74, 6) is -0.668. The van der Waals surface area contributed by atoms with E-state index in [-0.39, 0.29) is 43.0 Å². The molecule has 2 rings (SSSR count). The van der Waals surface area contributed by atoms with Crippen LogP contribution in [-0.4, -0.2) is 44.7 Å². The topological polar surface area (TPSA) is 93.5 Å². The lowest BCUT2D eigenvalue weighted by molar-refractivity contribution is -0.136. The monoisotopic (exact) mass is 373 g/mol. The molecular formula is C17H25ClFN3O3. The van der Waals surface area contributed by atoms with Crippen molar-refractivity contribution in [3.63, 3.8) is 0 Å². The molecule has 1 aromatic carbocycles. The highest BCUT2D eigenvalue weighted by atomic mass is 35.5. The lowest BCUT2D eigenvalue weighted by Gasteiger charge is -2.34. The van der Waals surface area contributed by atoms with Crippen LogP contribution in [0.3, 0.4) is 0 Å². The van der Waals surface area contributed by atoms with Gasteiger partial charge in [-0.05, 0) is 30.5 Å². The number of nitrogens with two attached hydrogens (primary N) is 1. The summed E-state index contributed by atoms with van der Waals surface area (Å²) in [5.41, 5.74) is 5.82. The van der Waals surface area contributed by atoms with Gasteiger partial charge in [-0.25, -0.2) is 4.39 Å². The summed E-state index contributed by atoms with van der Waals surface area (Å²) < 4.78 is 18.3. The van der Waals surface area contributed by atoms with E-state index in [1.54, 1.807) is 12.1 Å². The molecule has 0 spiro atoms. The molecule has 0 saturated carbocycles. The van der Waals surface area contributed by atoms with E-state index in [1.807, 2.05) is 0 Å². The van der Waals surface area contributed by atoms with Crippen LogP contribution in [0.4, 0.5) is 4.39 Å². The van der Waals surface area contributed by atoms with Gasteiger partial charge in [0, 0.05) is 32.8 Å². The average molecular weight is 374 g/mol. The van der Waals surface area contributed by atoms with Gasteiger partial charge in [-0.3, -0.25) is 9.59 Å². The first-order valence-corrected chi connectivity index (χ1v) is 8.13. The van der Waals surface area contributed by atoms with Crippen LogP contribution in [0.1, 0.15) is 18.4 Å². The second-order valence-corrected chi connectivity index (χ2v) is 6.01. The maximum Gasteiger partial charge on any atom is 0.227 e. The van der Waals surface area contributed by atoms with E-state index in [1.165, 1.54) is 12.1 Å². The lowest BCUT2D eigenvalue weighted by Crippen LogP contribution is -2.50. The number of benzene rings is 1. The van der Waals surface area contributed by atoms with Crippen molar-refractivity contribution in [3.8, 4) is 0 Å². The molecule has 0 aromatic heterocycles. The number of amides is 2. The number of rotatable bonds is 7. The molecule has 140 valence electrons. The van der Waals surface area contributed by atoms with Gasteiger partial charge in [0.05, 0.1) is 11.8 Å². The molecule has 0 radical (unpaired) electrons. The summed E-state index contributed by atoms with van der Waals surface area (Å²) in [6.45, 7) is 2.01. The number of nitrogens with one attached hydrogen (secondary N) is 2. The minimum absolute atomic E-state index is 0. The molecule has 1 fully saturated rings. The van der Waals surface area contributed by atoms with Crippen molar-refractivity contribution in [1.29, 1.82) is 0 Å². The molecular weight excluding hydrogens is 349 g/mol. The number of halogens is 2. The normalized spacial score (nSPS) is 15.8. The number of carbonyl (C=O) groups is 2. The van der Waals surface area contributed by atoms with Crippen molar-refractivity contribution in [2.24, 2.45) is 11.1 Å².